The molecule has 7 nitrogen and oxygen atoms in total. The van der Waals surface area contributed by atoms with Crippen molar-refractivity contribution in [1.82, 2.24) is 15.2 Å². The number of hydrogen-bond donors (Lipinski definition) is 1. The summed E-state index contributed by atoms with van der Waals surface area (Å²) < 4.78 is 10.3. The first-order chi connectivity index (χ1) is 10.0. The number of carbonyl (C=O) groups excluding carboxylic acids is 2. The highest BCUT2D eigenvalue weighted by atomic mass is 16.6. The van der Waals surface area contributed by atoms with Crippen LogP contribution in [0.25, 0.3) is 0 Å². The summed E-state index contributed by atoms with van der Waals surface area (Å²) in [6, 6.07) is 0.0352. The summed E-state index contributed by atoms with van der Waals surface area (Å²) in [7, 11) is 0. The molecule has 21 heavy (non-hydrogen) atoms. The molecule has 116 valence electrons. The van der Waals surface area contributed by atoms with E-state index in [-0.39, 0.29) is 23.8 Å². The third-order valence-corrected chi connectivity index (χ3v) is 3.47. The second kappa shape index (κ2) is 6.60. The van der Waals surface area contributed by atoms with Crippen LogP contribution < -0.4 is 5.32 Å². The molecule has 2 amide bonds. The molecule has 1 aromatic rings. The molecule has 0 atom stereocenters. The van der Waals surface area contributed by atoms with Gasteiger partial charge in [0.25, 0.3) is 5.91 Å². The molecule has 0 bridgehead atoms. The normalized spacial score (nSPS) is 15.9. The minimum absolute atomic E-state index is 0.0352. The van der Waals surface area contributed by atoms with Gasteiger partial charge >= 0.3 is 6.09 Å². The summed E-state index contributed by atoms with van der Waals surface area (Å²) in [6.07, 6.45) is 1.12. The average Bonchev–Trinajstić information content (AvgIpc) is 2.79. The summed E-state index contributed by atoms with van der Waals surface area (Å²) in [5, 5.41) is 2.93. The Morgan fingerprint density at radius 1 is 1.38 bits per heavy atom. The maximum atomic E-state index is 12.1. The van der Waals surface area contributed by atoms with Crippen LogP contribution in [0, 0.1) is 13.8 Å². The van der Waals surface area contributed by atoms with Crippen molar-refractivity contribution in [2.45, 2.75) is 39.7 Å². The molecular formula is C14H21N3O4. The monoisotopic (exact) mass is 295 g/mol. The summed E-state index contributed by atoms with van der Waals surface area (Å²) in [5.41, 5.74) is 0.592. The van der Waals surface area contributed by atoms with Crippen molar-refractivity contribution in [3.63, 3.8) is 0 Å². The predicted octanol–water partition coefficient (Wildman–Crippen LogP) is 1.64. The Balaban J connectivity index is 1.85. The van der Waals surface area contributed by atoms with Crippen LogP contribution in [0.1, 0.15) is 41.9 Å². The van der Waals surface area contributed by atoms with E-state index < -0.39 is 0 Å². The van der Waals surface area contributed by atoms with Crippen molar-refractivity contribution >= 4 is 12.0 Å². The van der Waals surface area contributed by atoms with Crippen LogP contribution in [0.2, 0.25) is 0 Å². The smallest absolute Gasteiger partial charge is 0.409 e. The van der Waals surface area contributed by atoms with Gasteiger partial charge in [0, 0.05) is 26.1 Å². The van der Waals surface area contributed by atoms with Crippen LogP contribution in [0.15, 0.2) is 4.42 Å². The van der Waals surface area contributed by atoms with E-state index in [4.69, 9.17) is 9.15 Å². The van der Waals surface area contributed by atoms with Crippen molar-refractivity contribution in [2.24, 2.45) is 0 Å². The number of piperidine rings is 1. The first-order valence-electron chi connectivity index (χ1n) is 7.17. The summed E-state index contributed by atoms with van der Waals surface area (Å²) >= 11 is 0. The zero-order valence-corrected chi connectivity index (χ0v) is 12.6. The molecule has 0 spiro atoms. The highest BCUT2D eigenvalue weighted by Crippen LogP contribution is 2.14. The Morgan fingerprint density at radius 3 is 2.57 bits per heavy atom. The largest absolute Gasteiger partial charge is 0.450 e. The van der Waals surface area contributed by atoms with Crippen LogP contribution in [0.5, 0.6) is 0 Å². The Labute approximate surface area is 123 Å². The highest BCUT2D eigenvalue weighted by molar-refractivity contribution is 5.92. The van der Waals surface area contributed by atoms with E-state index in [1.807, 2.05) is 0 Å². The molecule has 1 saturated heterocycles. The topological polar surface area (TPSA) is 84.7 Å². The van der Waals surface area contributed by atoms with Crippen molar-refractivity contribution in [2.75, 3.05) is 19.7 Å². The van der Waals surface area contributed by atoms with Gasteiger partial charge in [0.05, 0.1) is 12.3 Å². The van der Waals surface area contributed by atoms with Gasteiger partial charge in [-0.25, -0.2) is 9.78 Å². The number of oxazole rings is 1. The van der Waals surface area contributed by atoms with Gasteiger partial charge in [0.1, 0.15) is 0 Å². The van der Waals surface area contributed by atoms with Gasteiger partial charge in [0.2, 0.25) is 5.76 Å². The number of nitrogens with zero attached hydrogens (tertiary/aromatic N) is 2. The molecule has 1 aliphatic heterocycles. The lowest BCUT2D eigenvalue weighted by Crippen LogP contribution is -2.46. The Hall–Kier alpha value is -2.05. The third kappa shape index (κ3) is 3.74. The number of carbonyl (C=O) groups is 2. The van der Waals surface area contributed by atoms with Crippen molar-refractivity contribution in [3.05, 3.63) is 17.3 Å². The second-order valence-corrected chi connectivity index (χ2v) is 5.08. The number of nitrogens with one attached hydrogen (secondary N) is 1. The van der Waals surface area contributed by atoms with Gasteiger partial charge in [-0.15, -0.1) is 0 Å². The maximum Gasteiger partial charge on any atom is 0.409 e. The van der Waals surface area contributed by atoms with Crippen molar-refractivity contribution < 1.29 is 18.7 Å². The zero-order valence-electron chi connectivity index (χ0n) is 12.6. The number of aryl methyl sites for hydroxylation is 2. The predicted molar refractivity (Wildman–Crippen MR) is 75.1 cm³/mol. The van der Waals surface area contributed by atoms with Crippen molar-refractivity contribution in [3.8, 4) is 0 Å². The van der Waals surface area contributed by atoms with E-state index in [2.05, 4.69) is 10.3 Å². The van der Waals surface area contributed by atoms with E-state index in [9.17, 15) is 9.59 Å². The lowest BCUT2D eigenvalue weighted by molar-refractivity contribution is 0.0839. The molecule has 7 heteroatoms. The van der Waals surface area contributed by atoms with Gasteiger partial charge in [-0.1, -0.05) is 0 Å². The molecule has 0 aromatic carbocycles. The highest BCUT2D eigenvalue weighted by Gasteiger charge is 2.26. The fourth-order valence-corrected chi connectivity index (χ4v) is 2.41. The lowest BCUT2D eigenvalue weighted by Gasteiger charge is -2.31. The Morgan fingerprint density at radius 2 is 2.05 bits per heavy atom. The van der Waals surface area contributed by atoms with Crippen LogP contribution in [0.4, 0.5) is 4.79 Å². The number of ether oxygens (including phenoxy) is 1. The number of hydrogen-bond acceptors (Lipinski definition) is 5. The van der Waals surface area contributed by atoms with E-state index in [0.717, 1.165) is 0 Å². The van der Waals surface area contributed by atoms with E-state index in [1.54, 1.807) is 25.7 Å². The molecule has 1 aliphatic rings. The molecule has 0 aliphatic carbocycles. The van der Waals surface area contributed by atoms with E-state index >= 15 is 0 Å². The zero-order chi connectivity index (χ0) is 15.4. The number of amides is 2. The lowest BCUT2D eigenvalue weighted by atomic mass is 10.1. The van der Waals surface area contributed by atoms with Gasteiger partial charge in [0.15, 0.2) is 5.89 Å². The van der Waals surface area contributed by atoms with E-state index in [1.165, 1.54) is 0 Å². The molecule has 1 fully saturated rings. The van der Waals surface area contributed by atoms with Gasteiger partial charge < -0.3 is 19.4 Å². The standard InChI is InChI=1S/C14H21N3O4/c1-4-20-14(19)17-7-5-11(6-8-17)16-13(18)12-9(2)15-10(3)21-12/h11H,4-8H2,1-3H3,(H,16,18). The minimum Gasteiger partial charge on any atom is -0.450 e. The Kier molecular flexibility index (Phi) is 4.82. The Bertz CT molecular complexity index is 518. The van der Waals surface area contributed by atoms with Crippen LogP contribution in [0.3, 0.4) is 0 Å². The van der Waals surface area contributed by atoms with Crippen LogP contribution in [-0.4, -0.2) is 47.6 Å². The SMILES string of the molecule is CCOC(=O)N1CCC(NC(=O)c2oc(C)nc2C)CC1. The van der Waals surface area contributed by atoms with E-state index in [0.29, 0.717) is 44.1 Å². The quantitative estimate of drug-likeness (QED) is 0.916. The van der Waals surface area contributed by atoms with Crippen LogP contribution >= 0.6 is 0 Å². The third-order valence-electron chi connectivity index (χ3n) is 3.47. The molecule has 0 radical (unpaired) electrons. The second-order valence-electron chi connectivity index (χ2n) is 5.08. The molecule has 1 aromatic heterocycles. The van der Waals surface area contributed by atoms with Gasteiger partial charge in [-0.05, 0) is 26.7 Å². The minimum atomic E-state index is -0.288. The first kappa shape index (κ1) is 15.3. The summed E-state index contributed by atoms with van der Waals surface area (Å²) in [4.78, 5) is 29.5. The van der Waals surface area contributed by atoms with Gasteiger partial charge in [-0.3, -0.25) is 4.79 Å². The molecule has 2 rings (SSSR count). The van der Waals surface area contributed by atoms with Gasteiger partial charge in [-0.2, -0.15) is 0 Å². The molecule has 0 saturated carbocycles. The number of rotatable bonds is 3. The van der Waals surface area contributed by atoms with Crippen LogP contribution in [-0.2, 0) is 4.74 Å². The fraction of sp³-hybridized carbons (Fsp3) is 0.643. The maximum absolute atomic E-state index is 12.1. The first-order valence-corrected chi connectivity index (χ1v) is 7.17. The molecule has 2 heterocycles. The average molecular weight is 295 g/mol. The fourth-order valence-electron chi connectivity index (χ4n) is 2.41. The molecule has 1 N–H and O–H groups in total. The number of aromatic nitrogens is 1. The summed E-state index contributed by atoms with van der Waals surface area (Å²) in [5.74, 6) is 0.498. The molecule has 0 unspecified atom stereocenters. The number of likely N-dealkylation sites (tertiary alicyclic amines) is 1. The summed E-state index contributed by atoms with van der Waals surface area (Å²) in [6.45, 7) is 6.78. The molecular weight excluding hydrogens is 274 g/mol. The van der Waals surface area contributed by atoms with Crippen molar-refractivity contribution in [1.29, 1.82) is 0 Å².